The predicted octanol–water partition coefficient (Wildman–Crippen LogP) is 0.672. The number of amides is 1. The fourth-order valence-corrected chi connectivity index (χ4v) is 2.94. The van der Waals surface area contributed by atoms with E-state index in [1.54, 1.807) is 7.11 Å². The summed E-state index contributed by atoms with van der Waals surface area (Å²) in [5.74, 6) is 0.0344. The second-order valence-electron chi connectivity index (χ2n) is 5.10. The van der Waals surface area contributed by atoms with E-state index < -0.39 is 5.54 Å². The van der Waals surface area contributed by atoms with Gasteiger partial charge in [-0.2, -0.15) is 0 Å². The monoisotopic (exact) mass is 258 g/mol. The molecule has 0 aromatic heterocycles. The SMILES string of the molecule is CNC1(C(N)=O)CCCC1CCOC(C)COC. The number of carbonyl (C=O) groups is 1. The highest BCUT2D eigenvalue weighted by molar-refractivity contribution is 5.85. The number of carbonyl (C=O) groups excluding carboxylic acids is 1. The van der Waals surface area contributed by atoms with Crippen LogP contribution < -0.4 is 11.1 Å². The van der Waals surface area contributed by atoms with E-state index in [2.05, 4.69) is 5.32 Å². The standard InChI is InChI=1S/C13H26N2O3/c1-10(9-17-3)18-8-6-11-5-4-7-13(11,15-2)12(14)16/h10-11,15H,4-9H2,1-3H3,(H2,14,16). The van der Waals surface area contributed by atoms with Gasteiger partial charge in [-0.3, -0.25) is 4.79 Å². The lowest BCUT2D eigenvalue weighted by molar-refractivity contribution is -0.126. The highest BCUT2D eigenvalue weighted by atomic mass is 16.5. The number of likely N-dealkylation sites (N-methyl/N-ethyl adjacent to an activating group) is 1. The van der Waals surface area contributed by atoms with Gasteiger partial charge in [0.1, 0.15) is 5.54 Å². The number of methoxy groups -OCH3 is 1. The molecule has 5 heteroatoms. The van der Waals surface area contributed by atoms with Crippen molar-refractivity contribution in [1.29, 1.82) is 0 Å². The Morgan fingerprint density at radius 3 is 2.89 bits per heavy atom. The lowest BCUT2D eigenvalue weighted by Gasteiger charge is -2.32. The molecule has 0 bridgehead atoms. The molecule has 1 rings (SSSR count). The zero-order valence-corrected chi connectivity index (χ0v) is 11.7. The highest BCUT2D eigenvalue weighted by Gasteiger charge is 2.46. The third-order valence-electron chi connectivity index (χ3n) is 3.98. The van der Waals surface area contributed by atoms with Crippen LogP contribution in [0.3, 0.4) is 0 Å². The minimum absolute atomic E-state index is 0.0916. The van der Waals surface area contributed by atoms with Gasteiger partial charge >= 0.3 is 0 Å². The number of hydrogen-bond acceptors (Lipinski definition) is 4. The van der Waals surface area contributed by atoms with E-state index in [4.69, 9.17) is 15.2 Å². The molecule has 0 radical (unpaired) electrons. The van der Waals surface area contributed by atoms with Crippen LogP contribution in [-0.2, 0) is 14.3 Å². The Bertz CT molecular complexity index is 273. The number of nitrogens with one attached hydrogen (secondary N) is 1. The molecule has 0 aliphatic heterocycles. The average molecular weight is 258 g/mol. The molecule has 3 unspecified atom stereocenters. The molecule has 1 amide bonds. The van der Waals surface area contributed by atoms with Crippen molar-refractivity contribution in [3.8, 4) is 0 Å². The van der Waals surface area contributed by atoms with E-state index >= 15 is 0 Å². The second kappa shape index (κ2) is 7.07. The first-order valence-electron chi connectivity index (χ1n) is 6.66. The Morgan fingerprint density at radius 1 is 1.61 bits per heavy atom. The van der Waals surface area contributed by atoms with Crippen LogP contribution in [0, 0.1) is 5.92 Å². The summed E-state index contributed by atoms with van der Waals surface area (Å²) in [6, 6.07) is 0. The number of hydrogen-bond donors (Lipinski definition) is 2. The molecule has 1 fully saturated rings. The molecule has 1 aliphatic carbocycles. The topological polar surface area (TPSA) is 73.6 Å². The van der Waals surface area contributed by atoms with Crippen LogP contribution in [0.5, 0.6) is 0 Å². The number of ether oxygens (including phenoxy) is 2. The van der Waals surface area contributed by atoms with Gasteiger partial charge in [0.2, 0.25) is 5.91 Å². The summed E-state index contributed by atoms with van der Waals surface area (Å²) < 4.78 is 10.7. The minimum Gasteiger partial charge on any atom is -0.382 e. The summed E-state index contributed by atoms with van der Waals surface area (Å²) in [6.45, 7) is 3.22. The number of nitrogens with two attached hydrogens (primary N) is 1. The Balaban J connectivity index is 2.43. The van der Waals surface area contributed by atoms with Crippen molar-refractivity contribution in [2.45, 2.75) is 44.2 Å². The fourth-order valence-electron chi connectivity index (χ4n) is 2.94. The van der Waals surface area contributed by atoms with Crippen molar-refractivity contribution in [2.75, 3.05) is 27.4 Å². The first kappa shape index (κ1) is 15.4. The molecule has 3 N–H and O–H groups in total. The molecule has 106 valence electrons. The summed E-state index contributed by atoms with van der Waals surface area (Å²) in [5, 5.41) is 3.14. The number of primary amides is 1. The maximum Gasteiger partial charge on any atom is 0.238 e. The normalized spacial score (nSPS) is 29.4. The van der Waals surface area contributed by atoms with Crippen LogP contribution in [0.2, 0.25) is 0 Å². The molecule has 0 saturated heterocycles. The van der Waals surface area contributed by atoms with Crippen LogP contribution in [0.1, 0.15) is 32.6 Å². The molecular formula is C13H26N2O3. The Labute approximate surface area is 109 Å². The summed E-state index contributed by atoms with van der Waals surface area (Å²) in [4.78, 5) is 11.7. The Kier molecular flexibility index (Phi) is 6.05. The highest BCUT2D eigenvalue weighted by Crippen LogP contribution is 2.37. The van der Waals surface area contributed by atoms with Crippen LogP contribution in [0.4, 0.5) is 0 Å². The van der Waals surface area contributed by atoms with Crippen molar-refractivity contribution in [3.63, 3.8) is 0 Å². The van der Waals surface area contributed by atoms with E-state index in [-0.39, 0.29) is 17.9 Å². The van der Waals surface area contributed by atoms with Gasteiger partial charge in [0.25, 0.3) is 0 Å². The first-order chi connectivity index (χ1) is 8.56. The lowest BCUT2D eigenvalue weighted by Crippen LogP contribution is -2.56. The van der Waals surface area contributed by atoms with Crippen LogP contribution in [-0.4, -0.2) is 44.9 Å². The molecule has 0 aromatic rings. The van der Waals surface area contributed by atoms with E-state index in [0.717, 1.165) is 25.7 Å². The molecule has 18 heavy (non-hydrogen) atoms. The van der Waals surface area contributed by atoms with E-state index in [1.165, 1.54) is 0 Å². The van der Waals surface area contributed by atoms with Crippen LogP contribution in [0.15, 0.2) is 0 Å². The summed E-state index contributed by atoms with van der Waals surface area (Å²) in [7, 11) is 3.48. The van der Waals surface area contributed by atoms with Gasteiger partial charge in [0.05, 0.1) is 12.7 Å². The summed E-state index contributed by atoms with van der Waals surface area (Å²) >= 11 is 0. The van der Waals surface area contributed by atoms with Gasteiger partial charge in [-0.1, -0.05) is 6.42 Å². The zero-order valence-electron chi connectivity index (χ0n) is 11.7. The van der Waals surface area contributed by atoms with E-state index in [1.807, 2.05) is 14.0 Å². The van der Waals surface area contributed by atoms with Crippen molar-refractivity contribution in [1.82, 2.24) is 5.32 Å². The van der Waals surface area contributed by atoms with Gasteiger partial charge in [-0.05, 0) is 39.2 Å². The predicted molar refractivity (Wildman–Crippen MR) is 70.2 cm³/mol. The lowest BCUT2D eigenvalue weighted by atomic mass is 9.84. The molecule has 3 atom stereocenters. The van der Waals surface area contributed by atoms with Crippen LogP contribution >= 0.6 is 0 Å². The number of rotatable bonds is 8. The van der Waals surface area contributed by atoms with Gasteiger partial charge in [0.15, 0.2) is 0 Å². The van der Waals surface area contributed by atoms with Crippen LogP contribution in [0.25, 0.3) is 0 Å². The maximum atomic E-state index is 11.7. The largest absolute Gasteiger partial charge is 0.382 e. The van der Waals surface area contributed by atoms with Crippen molar-refractivity contribution < 1.29 is 14.3 Å². The molecule has 0 spiro atoms. The molecule has 0 heterocycles. The van der Waals surface area contributed by atoms with Crippen molar-refractivity contribution >= 4 is 5.91 Å². The van der Waals surface area contributed by atoms with E-state index in [9.17, 15) is 4.79 Å². The van der Waals surface area contributed by atoms with Crippen molar-refractivity contribution in [3.05, 3.63) is 0 Å². The average Bonchev–Trinajstić information content (AvgIpc) is 2.73. The van der Waals surface area contributed by atoms with Gasteiger partial charge in [-0.15, -0.1) is 0 Å². The van der Waals surface area contributed by atoms with Gasteiger partial charge < -0.3 is 20.5 Å². The molecule has 1 saturated carbocycles. The molecule has 1 aliphatic rings. The Morgan fingerprint density at radius 2 is 2.33 bits per heavy atom. The fraction of sp³-hybridized carbons (Fsp3) is 0.923. The van der Waals surface area contributed by atoms with Crippen molar-refractivity contribution in [2.24, 2.45) is 11.7 Å². The minimum atomic E-state index is -0.534. The molecule has 0 aromatic carbocycles. The third kappa shape index (κ3) is 3.43. The smallest absolute Gasteiger partial charge is 0.238 e. The Hall–Kier alpha value is -0.650. The summed E-state index contributed by atoms with van der Waals surface area (Å²) in [6.07, 6.45) is 3.86. The first-order valence-corrected chi connectivity index (χ1v) is 6.66. The maximum absolute atomic E-state index is 11.7. The van der Waals surface area contributed by atoms with Gasteiger partial charge in [0, 0.05) is 13.7 Å². The molecular weight excluding hydrogens is 232 g/mol. The molecule has 5 nitrogen and oxygen atoms in total. The van der Waals surface area contributed by atoms with E-state index in [0.29, 0.717) is 13.2 Å². The second-order valence-corrected chi connectivity index (χ2v) is 5.10. The zero-order chi connectivity index (χ0) is 13.6. The third-order valence-corrected chi connectivity index (χ3v) is 3.98. The summed E-state index contributed by atoms with van der Waals surface area (Å²) in [5.41, 5.74) is 5.02. The van der Waals surface area contributed by atoms with Gasteiger partial charge in [-0.25, -0.2) is 0 Å². The quantitative estimate of drug-likeness (QED) is 0.671.